The zero-order chi connectivity index (χ0) is 11.8. The summed E-state index contributed by atoms with van der Waals surface area (Å²) in [6.07, 6.45) is 3.55. The number of rotatable bonds is 8. The molecular formula is C12H26N2O2. The highest BCUT2D eigenvalue weighted by Crippen LogP contribution is 2.12. The fourth-order valence-corrected chi connectivity index (χ4v) is 2.08. The molecule has 1 rings (SSSR count). The second-order valence-corrected chi connectivity index (χ2v) is 4.71. The van der Waals surface area contributed by atoms with E-state index in [4.69, 9.17) is 4.74 Å². The summed E-state index contributed by atoms with van der Waals surface area (Å²) in [7, 11) is 2.05. The van der Waals surface area contributed by atoms with Gasteiger partial charge in [-0.15, -0.1) is 0 Å². The van der Waals surface area contributed by atoms with Crippen LogP contribution in [0, 0.1) is 0 Å². The van der Waals surface area contributed by atoms with Gasteiger partial charge in [0.1, 0.15) is 0 Å². The van der Waals surface area contributed by atoms with Gasteiger partial charge in [0, 0.05) is 26.2 Å². The summed E-state index contributed by atoms with van der Waals surface area (Å²) in [5.74, 6) is 0. The predicted molar refractivity (Wildman–Crippen MR) is 65.6 cm³/mol. The Labute approximate surface area is 99.0 Å². The Kier molecular flexibility index (Phi) is 6.96. The maximum Gasteiger partial charge on any atom is 0.0791 e. The van der Waals surface area contributed by atoms with Crippen molar-refractivity contribution in [1.82, 2.24) is 10.2 Å². The molecule has 0 saturated carbocycles. The van der Waals surface area contributed by atoms with E-state index in [1.165, 1.54) is 6.42 Å². The Bertz CT molecular complexity index is 172. The van der Waals surface area contributed by atoms with Crippen LogP contribution in [-0.4, -0.2) is 62.0 Å². The molecule has 4 nitrogen and oxygen atoms in total. The van der Waals surface area contributed by atoms with Gasteiger partial charge in [-0.3, -0.25) is 0 Å². The van der Waals surface area contributed by atoms with Crippen LogP contribution in [0.5, 0.6) is 0 Å². The number of nitrogens with one attached hydrogen (secondary N) is 1. The van der Waals surface area contributed by atoms with Gasteiger partial charge in [-0.25, -0.2) is 0 Å². The lowest BCUT2D eigenvalue weighted by Gasteiger charge is -2.23. The lowest BCUT2D eigenvalue weighted by atomic mass is 10.2. The molecule has 2 N–H and O–H groups in total. The molecule has 16 heavy (non-hydrogen) atoms. The molecule has 96 valence electrons. The minimum atomic E-state index is -0.280. The summed E-state index contributed by atoms with van der Waals surface area (Å²) in [5, 5.41) is 13.0. The molecule has 0 aliphatic carbocycles. The van der Waals surface area contributed by atoms with E-state index in [1.807, 2.05) is 7.05 Å². The van der Waals surface area contributed by atoms with Crippen molar-refractivity contribution < 1.29 is 9.84 Å². The van der Waals surface area contributed by atoms with Gasteiger partial charge < -0.3 is 20.1 Å². The highest BCUT2D eigenvalue weighted by atomic mass is 16.5. The van der Waals surface area contributed by atoms with E-state index in [1.54, 1.807) is 0 Å². The lowest BCUT2D eigenvalue weighted by Crippen LogP contribution is -2.39. The van der Waals surface area contributed by atoms with Gasteiger partial charge in [-0.05, 0) is 32.9 Å². The van der Waals surface area contributed by atoms with Crippen LogP contribution in [0.3, 0.4) is 0 Å². The molecule has 2 unspecified atom stereocenters. The normalized spacial score (nSPS) is 22.9. The van der Waals surface area contributed by atoms with Crippen LogP contribution in [0.15, 0.2) is 0 Å². The second kappa shape index (κ2) is 8.01. The Morgan fingerprint density at radius 1 is 1.56 bits per heavy atom. The van der Waals surface area contributed by atoms with Crippen molar-refractivity contribution >= 4 is 0 Å². The second-order valence-electron chi connectivity index (χ2n) is 4.71. The van der Waals surface area contributed by atoms with Crippen LogP contribution < -0.4 is 5.32 Å². The first-order chi connectivity index (χ1) is 7.72. The molecule has 0 aromatic heterocycles. The van der Waals surface area contributed by atoms with E-state index in [2.05, 4.69) is 17.1 Å². The van der Waals surface area contributed by atoms with Crippen molar-refractivity contribution in [3.8, 4) is 0 Å². The third-order valence-electron chi connectivity index (χ3n) is 2.87. The molecule has 0 aromatic rings. The number of aliphatic hydroxyl groups is 1. The Balaban J connectivity index is 2.05. The van der Waals surface area contributed by atoms with E-state index in [-0.39, 0.29) is 6.10 Å². The molecule has 2 atom stereocenters. The Hall–Kier alpha value is -0.160. The van der Waals surface area contributed by atoms with Gasteiger partial charge in [-0.2, -0.15) is 0 Å². The van der Waals surface area contributed by atoms with Crippen molar-refractivity contribution in [2.24, 2.45) is 0 Å². The number of hydrogen-bond donors (Lipinski definition) is 2. The first-order valence-corrected chi connectivity index (χ1v) is 6.41. The quantitative estimate of drug-likeness (QED) is 0.595. The number of aliphatic hydroxyl groups excluding tert-OH is 1. The lowest BCUT2D eigenvalue weighted by molar-refractivity contribution is 0.0604. The molecular weight excluding hydrogens is 204 g/mol. The summed E-state index contributed by atoms with van der Waals surface area (Å²) in [6, 6.07) is 0. The molecule has 1 aliphatic heterocycles. The summed E-state index contributed by atoms with van der Waals surface area (Å²) in [6.45, 7) is 6.35. The first kappa shape index (κ1) is 13.9. The topological polar surface area (TPSA) is 44.7 Å². The van der Waals surface area contributed by atoms with Gasteiger partial charge >= 0.3 is 0 Å². The van der Waals surface area contributed by atoms with E-state index >= 15 is 0 Å². The number of nitrogens with zero attached hydrogens (tertiary/aromatic N) is 1. The summed E-state index contributed by atoms with van der Waals surface area (Å²) >= 11 is 0. The summed E-state index contributed by atoms with van der Waals surface area (Å²) in [4.78, 5) is 2.16. The van der Waals surface area contributed by atoms with Crippen LogP contribution >= 0.6 is 0 Å². The minimum absolute atomic E-state index is 0.280. The summed E-state index contributed by atoms with van der Waals surface area (Å²) < 4.78 is 5.56. The standard InChI is InChI=1S/C12H26N2O2/c1-3-6-13-8-11(15)9-14(2)10-12-5-4-7-16-12/h11-13,15H,3-10H2,1-2H3. The van der Waals surface area contributed by atoms with Crippen LogP contribution in [0.2, 0.25) is 0 Å². The molecule has 0 bridgehead atoms. The average Bonchev–Trinajstić information content (AvgIpc) is 2.70. The zero-order valence-electron chi connectivity index (χ0n) is 10.6. The minimum Gasteiger partial charge on any atom is -0.390 e. The van der Waals surface area contributed by atoms with Gasteiger partial charge in [0.05, 0.1) is 12.2 Å². The number of ether oxygens (including phenoxy) is 1. The maximum atomic E-state index is 9.78. The predicted octanol–water partition coefficient (Wildman–Crippen LogP) is 0.458. The average molecular weight is 230 g/mol. The van der Waals surface area contributed by atoms with E-state index in [0.29, 0.717) is 12.6 Å². The van der Waals surface area contributed by atoms with Gasteiger partial charge in [0.15, 0.2) is 0 Å². The van der Waals surface area contributed by atoms with E-state index in [9.17, 15) is 5.11 Å². The van der Waals surface area contributed by atoms with E-state index < -0.39 is 0 Å². The van der Waals surface area contributed by atoms with Gasteiger partial charge in [-0.1, -0.05) is 6.92 Å². The fourth-order valence-electron chi connectivity index (χ4n) is 2.08. The molecule has 1 heterocycles. The zero-order valence-corrected chi connectivity index (χ0v) is 10.6. The Morgan fingerprint density at radius 2 is 2.38 bits per heavy atom. The third kappa shape index (κ3) is 5.80. The molecule has 1 fully saturated rings. The molecule has 1 saturated heterocycles. The Morgan fingerprint density at radius 3 is 3.00 bits per heavy atom. The maximum absolute atomic E-state index is 9.78. The van der Waals surface area contributed by atoms with Crippen molar-refractivity contribution in [3.05, 3.63) is 0 Å². The monoisotopic (exact) mass is 230 g/mol. The fraction of sp³-hybridized carbons (Fsp3) is 1.00. The van der Waals surface area contributed by atoms with E-state index in [0.717, 1.165) is 39.1 Å². The van der Waals surface area contributed by atoms with Crippen molar-refractivity contribution in [1.29, 1.82) is 0 Å². The van der Waals surface area contributed by atoms with Crippen LogP contribution in [0.1, 0.15) is 26.2 Å². The van der Waals surface area contributed by atoms with Crippen LogP contribution in [0.4, 0.5) is 0 Å². The summed E-state index contributed by atoms with van der Waals surface area (Å²) in [5.41, 5.74) is 0. The number of likely N-dealkylation sites (N-methyl/N-ethyl adjacent to an activating group) is 1. The van der Waals surface area contributed by atoms with Gasteiger partial charge in [0.2, 0.25) is 0 Å². The molecule has 4 heteroatoms. The highest BCUT2D eigenvalue weighted by molar-refractivity contribution is 4.71. The van der Waals surface area contributed by atoms with Crippen molar-refractivity contribution in [2.45, 2.75) is 38.4 Å². The first-order valence-electron chi connectivity index (χ1n) is 6.41. The molecule has 0 spiro atoms. The third-order valence-corrected chi connectivity index (χ3v) is 2.87. The molecule has 0 aromatic carbocycles. The largest absolute Gasteiger partial charge is 0.390 e. The van der Waals surface area contributed by atoms with Crippen molar-refractivity contribution in [3.63, 3.8) is 0 Å². The van der Waals surface area contributed by atoms with Crippen LogP contribution in [-0.2, 0) is 4.74 Å². The van der Waals surface area contributed by atoms with Crippen LogP contribution in [0.25, 0.3) is 0 Å². The molecule has 0 radical (unpaired) electrons. The SMILES string of the molecule is CCCNCC(O)CN(C)CC1CCCO1. The number of hydrogen-bond acceptors (Lipinski definition) is 4. The van der Waals surface area contributed by atoms with Gasteiger partial charge in [0.25, 0.3) is 0 Å². The highest BCUT2D eigenvalue weighted by Gasteiger charge is 2.18. The van der Waals surface area contributed by atoms with Crippen molar-refractivity contribution in [2.75, 3.05) is 39.8 Å². The molecule has 0 amide bonds. The smallest absolute Gasteiger partial charge is 0.0791 e. The molecule has 1 aliphatic rings.